The number of rotatable bonds is 5. The van der Waals surface area contributed by atoms with Crippen LogP contribution in [-0.4, -0.2) is 34.3 Å². The van der Waals surface area contributed by atoms with Gasteiger partial charge in [-0.2, -0.15) is 0 Å². The summed E-state index contributed by atoms with van der Waals surface area (Å²) in [5.74, 6) is -0.130. The molecule has 0 atom stereocenters. The molecule has 0 radical (unpaired) electrons. The number of carbonyl (C=O) groups is 1. The van der Waals surface area contributed by atoms with Crippen LogP contribution >= 0.6 is 11.6 Å². The van der Waals surface area contributed by atoms with Crippen molar-refractivity contribution in [2.75, 3.05) is 6.54 Å². The molecule has 0 saturated heterocycles. The second kappa shape index (κ2) is 10.8. The van der Waals surface area contributed by atoms with Crippen LogP contribution in [0.3, 0.4) is 0 Å². The Bertz CT molecular complexity index is 702. The van der Waals surface area contributed by atoms with E-state index < -0.39 is 17.9 Å². The van der Waals surface area contributed by atoms with Crippen LogP contribution in [0.5, 0.6) is 0 Å². The van der Waals surface area contributed by atoms with E-state index in [1.54, 1.807) is 26.8 Å². The number of hydrogen-bond acceptors (Lipinski definition) is 5. The second-order valence-electron chi connectivity index (χ2n) is 7.19. The fraction of sp³-hybridized carbons (Fsp3) is 0.474. The summed E-state index contributed by atoms with van der Waals surface area (Å²) in [6.45, 7) is 12.6. The van der Waals surface area contributed by atoms with Crippen LogP contribution in [0.15, 0.2) is 58.9 Å². The highest BCUT2D eigenvalue weighted by Crippen LogP contribution is 2.32. The van der Waals surface area contributed by atoms with Gasteiger partial charge >= 0.3 is 6.09 Å². The predicted molar refractivity (Wildman–Crippen MR) is 104 cm³/mol. The van der Waals surface area contributed by atoms with E-state index in [0.29, 0.717) is 19.4 Å². The maximum absolute atomic E-state index is 12.9. The van der Waals surface area contributed by atoms with Crippen molar-refractivity contribution in [2.24, 2.45) is 16.1 Å². The second-order valence-corrected chi connectivity index (χ2v) is 7.63. The van der Waals surface area contributed by atoms with Gasteiger partial charge in [-0.15, -0.1) is 10.2 Å². The van der Waals surface area contributed by atoms with Crippen molar-refractivity contribution in [3.8, 4) is 0 Å². The largest absolute Gasteiger partial charge is 0.443 e. The molecule has 154 valence electrons. The molecule has 1 aromatic heterocycles. The van der Waals surface area contributed by atoms with Gasteiger partial charge in [0, 0.05) is 12.7 Å². The number of azo groups is 1. The van der Waals surface area contributed by atoms with Gasteiger partial charge in [0.1, 0.15) is 22.7 Å². The monoisotopic (exact) mass is 414 g/mol. The zero-order valence-corrected chi connectivity index (χ0v) is 17.0. The smallest absolute Gasteiger partial charge is 0.416 e. The molecular formula is C19H25ClF2N4O2. The van der Waals surface area contributed by atoms with E-state index in [0.717, 1.165) is 0 Å². The molecular weight excluding hydrogens is 390 g/mol. The van der Waals surface area contributed by atoms with E-state index in [-0.39, 0.29) is 22.7 Å². The topological polar surface area (TPSA) is 67.2 Å². The molecule has 1 amide bonds. The van der Waals surface area contributed by atoms with Gasteiger partial charge in [0.05, 0.1) is 6.20 Å². The number of nitrogens with zero attached hydrogens (tertiary/aromatic N) is 4. The molecule has 0 spiro atoms. The van der Waals surface area contributed by atoms with Gasteiger partial charge in [-0.05, 0) is 51.7 Å². The number of hydrogen-bond donors (Lipinski definition) is 0. The van der Waals surface area contributed by atoms with Gasteiger partial charge in [0.2, 0.25) is 0 Å². The summed E-state index contributed by atoms with van der Waals surface area (Å²) < 4.78 is 30.1. The molecule has 0 aromatic carbocycles. The lowest BCUT2D eigenvalue weighted by Crippen LogP contribution is -2.42. The summed E-state index contributed by atoms with van der Waals surface area (Å²) >= 11 is 5.50. The molecule has 1 aromatic rings. The Balaban J connectivity index is 0.000000467. The van der Waals surface area contributed by atoms with Gasteiger partial charge in [-0.1, -0.05) is 24.8 Å². The lowest BCUT2D eigenvalue weighted by molar-refractivity contribution is 0.0210. The SMILES string of the molecule is C=C(Cl)/N=N\C(=C)N(CC1CC(F)C1)C(=O)OC(C)(C)C.Fc1cccnc1. The van der Waals surface area contributed by atoms with Crippen LogP contribution in [-0.2, 0) is 4.74 Å². The van der Waals surface area contributed by atoms with Crippen molar-refractivity contribution in [1.82, 2.24) is 9.88 Å². The molecule has 0 unspecified atom stereocenters. The summed E-state index contributed by atoms with van der Waals surface area (Å²) in [7, 11) is 0. The van der Waals surface area contributed by atoms with Gasteiger partial charge in [-0.3, -0.25) is 9.88 Å². The molecule has 0 aliphatic heterocycles. The van der Waals surface area contributed by atoms with E-state index in [9.17, 15) is 13.6 Å². The Labute approximate surface area is 168 Å². The van der Waals surface area contributed by atoms with Crippen LogP contribution in [0, 0.1) is 11.7 Å². The Morgan fingerprint density at radius 1 is 1.39 bits per heavy atom. The van der Waals surface area contributed by atoms with E-state index >= 15 is 0 Å². The summed E-state index contributed by atoms with van der Waals surface area (Å²) in [5.41, 5.74) is -0.648. The number of amides is 1. The van der Waals surface area contributed by atoms with Crippen LogP contribution in [0.2, 0.25) is 0 Å². The van der Waals surface area contributed by atoms with Crippen LogP contribution in [0.1, 0.15) is 33.6 Å². The summed E-state index contributed by atoms with van der Waals surface area (Å²) in [4.78, 5) is 17.0. The standard InChI is InChI=1S/C14H21ClFN3O2.C5H4FN/c1-9(15)17-18-10(2)19(8-11-6-12(16)7-11)13(20)21-14(3,4)5;6-5-2-1-3-7-4-5/h11-12H,1-2,6-8H2,3-5H3;1-4H/b18-17-;. The van der Waals surface area contributed by atoms with Crippen LogP contribution < -0.4 is 0 Å². The molecule has 1 saturated carbocycles. The number of carbonyl (C=O) groups excluding carboxylic acids is 1. The minimum atomic E-state index is -0.798. The Morgan fingerprint density at radius 2 is 2.04 bits per heavy atom. The lowest BCUT2D eigenvalue weighted by atomic mass is 9.83. The Kier molecular flexibility index (Phi) is 9.18. The third kappa shape index (κ3) is 9.55. The zero-order valence-electron chi connectivity index (χ0n) is 16.2. The average molecular weight is 415 g/mol. The number of ether oxygens (including phenoxy) is 1. The van der Waals surface area contributed by atoms with E-state index in [2.05, 4.69) is 28.4 Å². The third-order valence-corrected chi connectivity index (χ3v) is 3.52. The molecule has 9 heteroatoms. The van der Waals surface area contributed by atoms with Crippen molar-refractivity contribution in [1.29, 1.82) is 0 Å². The molecule has 2 rings (SSSR count). The van der Waals surface area contributed by atoms with Crippen molar-refractivity contribution in [3.63, 3.8) is 0 Å². The van der Waals surface area contributed by atoms with E-state index in [4.69, 9.17) is 16.3 Å². The molecule has 1 heterocycles. The molecule has 28 heavy (non-hydrogen) atoms. The number of pyridine rings is 1. The first-order valence-electron chi connectivity index (χ1n) is 8.63. The number of aromatic nitrogens is 1. The minimum Gasteiger partial charge on any atom is -0.443 e. The van der Waals surface area contributed by atoms with Gasteiger partial charge in [0.25, 0.3) is 0 Å². The first-order chi connectivity index (χ1) is 13.0. The molecule has 6 nitrogen and oxygen atoms in total. The number of halogens is 3. The van der Waals surface area contributed by atoms with Crippen LogP contribution in [0.25, 0.3) is 0 Å². The van der Waals surface area contributed by atoms with Crippen molar-refractivity contribution >= 4 is 17.7 Å². The maximum Gasteiger partial charge on any atom is 0.416 e. The zero-order chi connectivity index (χ0) is 21.3. The van der Waals surface area contributed by atoms with Crippen molar-refractivity contribution in [3.05, 3.63) is 54.5 Å². The highest BCUT2D eigenvalue weighted by Gasteiger charge is 2.34. The number of alkyl halides is 1. The average Bonchev–Trinajstić information content (AvgIpc) is 2.55. The fourth-order valence-electron chi connectivity index (χ4n) is 2.17. The summed E-state index contributed by atoms with van der Waals surface area (Å²) in [5, 5.41) is 7.28. The van der Waals surface area contributed by atoms with E-state index in [1.165, 1.54) is 23.4 Å². The minimum absolute atomic E-state index is 0.0206. The van der Waals surface area contributed by atoms with E-state index in [1.807, 2.05) is 0 Å². The van der Waals surface area contributed by atoms with Gasteiger partial charge in [0.15, 0.2) is 5.82 Å². The molecule has 1 aliphatic carbocycles. The Morgan fingerprint density at radius 3 is 2.43 bits per heavy atom. The quantitative estimate of drug-likeness (QED) is 0.450. The Hall–Kier alpha value is -2.35. The van der Waals surface area contributed by atoms with Crippen molar-refractivity contribution in [2.45, 2.75) is 45.4 Å². The first-order valence-corrected chi connectivity index (χ1v) is 9.01. The molecule has 1 fully saturated rings. The molecule has 0 N–H and O–H groups in total. The van der Waals surface area contributed by atoms with Gasteiger partial charge in [-0.25, -0.2) is 13.6 Å². The highest BCUT2D eigenvalue weighted by atomic mass is 35.5. The summed E-state index contributed by atoms with van der Waals surface area (Å²) in [6, 6.07) is 2.91. The predicted octanol–water partition coefficient (Wildman–Crippen LogP) is 5.83. The highest BCUT2D eigenvalue weighted by molar-refractivity contribution is 6.28. The molecule has 0 bridgehead atoms. The fourth-order valence-corrected chi connectivity index (χ4v) is 2.21. The van der Waals surface area contributed by atoms with Crippen LogP contribution in [0.4, 0.5) is 13.6 Å². The normalized spacial score (nSPS) is 18.5. The lowest BCUT2D eigenvalue weighted by Gasteiger charge is -2.34. The maximum atomic E-state index is 12.9. The summed E-state index contributed by atoms with van der Waals surface area (Å²) in [6.07, 6.45) is 2.16. The van der Waals surface area contributed by atoms with Gasteiger partial charge < -0.3 is 4.74 Å². The molecule has 1 aliphatic rings. The first kappa shape index (κ1) is 23.7. The third-order valence-electron chi connectivity index (χ3n) is 3.44. The van der Waals surface area contributed by atoms with Crippen molar-refractivity contribution < 1.29 is 18.3 Å².